The third kappa shape index (κ3) is 5.03. The normalized spacial score (nSPS) is 10.7. The molecule has 0 saturated heterocycles. The number of carbonyl (C=O) groups excluding carboxylic acids is 1. The van der Waals surface area contributed by atoms with Crippen LogP contribution in [0.2, 0.25) is 0 Å². The van der Waals surface area contributed by atoms with Crippen molar-refractivity contribution in [1.82, 2.24) is 4.98 Å². The zero-order valence-electron chi connectivity index (χ0n) is 9.98. The van der Waals surface area contributed by atoms with Crippen LogP contribution in [0.5, 0.6) is 0 Å². The lowest BCUT2D eigenvalue weighted by Crippen LogP contribution is -2.06. The van der Waals surface area contributed by atoms with E-state index in [9.17, 15) is 4.79 Å². The second kappa shape index (κ2) is 7.12. The Morgan fingerprint density at radius 1 is 1.44 bits per heavy atom. The number of hydrogen-bond donors (Lipinski definition) is 0. The Morgan fingerprint density at radius 3 is 2.88 bits per heavy atom. The van der Waals surface area contributed by atoms with E-state index in [-0.39, 0.29) is 5.78 Å². The third-order valence-corrected chi connectivity index (χ3v) is 2.30. The van der Waals surface area contributed by atoms with Gasteiger partial charge in [0.25, 0.3) is 0 Å². The van der Waals surface area contributed by atoms with Crippen LogP contribution in [0.15, 0.2) is 24.5 Å². The first-order valence-corrected chi connectivity index (χ1v) is 5.71. The van der Waals surface area contributed by atoms with Gasteiger partial charge in [0, 0.05) is 31.0 Å². The van der Waals surface area contributed by atoms with Crippen molar-refractivity contribution < 1.29 is 9.53 Å². The van der Waals surface area contributed by atoms with Crippen molar-refractivity contribution in [3.63, 3.8) is 0 Å². The molecule has 0 aliphatic rings. The number of pyridine rings is 1. The van der Waals surface area contributed by atoms with Gasteiger partial charge in [-0.25, -0.2) is 0 Å². The molecule has 16 heavy (non-hydrogen) atoms. The van der Waals surface area contributed by atoms with Crippen LogP contribution in [0.4, 0.5) is 0 Å². The van der Waals surface area contributed by atoms with Crippen LogP contribution in [0.1, 0.15) is 37.0 Å². The maximum Gasteiger partial charge on any atom is 0.166 e. The van der Waals surface area contributed by atoms with E-state index in [0.717, 1.165) is 13.0 Å². The first kappa shape index (κ1) is 12.8. The summed E-state index contributed by atoms with van der Waals surface area (Å²) in [6, 6.07) is 3.55. The van der Waals surface area contributed by atoms with Crippen LogP contribution in [0, 0.1) is 5.92 Å². The number of Topliss-reactive ketones (excluding diaryl/α,β-unsaturated/α-hetero) is 1. The molecule has 1 heterocycles. The van der Waals surface area contributed by atoms with Gasteiger partial charge in [-0.05, 0) is 24.5 Å². The van der Waals surface area contributed by atoms with E-state index in [2.05, 4.69) is 18.8 Å². The van der Waals surface area contributed by atoms with Crippen LogP contribution in [0.25, 0.3) is 0 Å². The van der Waals surface area contributed by atoms with Crippen LogP contribution >= 0.6 is 0 Å². The predicted octanol–water partition coefficient (Wildman–Crippen LogP) is 2.72. The van der Waals surface area contributed by atoms with Crippen LogP contribution in [-0.4, -0.2) is 24.0 Å². The highest BCUT2D eigenvalue weighted by Gasteiger charge is 2.04. The lowest BCUT2D eigenvalue weighted by atomic mass is 10.1. The topological polar surface area (TPSA) is 39.2 Å². The standard InChI is InChI=1S/C13H19NO2/c1-11(2)5-8-16-9-6-13(15)12-4-3-7-14-10-12/h3-4,7,10-11H,5-6,8-9H2,1-2H3. The molecule has 1 rings (SSSR count). The third-order valence-electron chi connectivity index (χ3n) is 2.30. The number of carbonyl (C=O) groups is 1. The molecule has 0 N–H and O–H groups in total. The van der Waals surface area contributed by atoms with Gasteiger partial charge in [0.05, 0.1) is 6.61 Å². The maximum absolute atomic E-state index is 11.6. The van der Waals surface area contributed by atoms with Gasteiger partial charge in [0.1, 0.15) is 0 Å². The molecule has 0 aliphatic carbocycles. The van der Waals surface area contributed by atoms with Crippen molar-refractivity contribution in [2.24, 2.45) is 5.92 Å². The lowest BCUT2D eigenvalue weighted by molar-refractivity contribution is 0.0860. The summed E-state index contributed by atoms with van der Waals surface area (Å²) >= 11 is 0. The largest absolute Gasteiger partial charge is 0.381 e. The monoisotopic (exact) mass is 221 g/mol. The van der Waals surface area contributed by atoms with Crippen molar-refractivity contribution in [3.8, 4) is 0 Å². The summed E-state index contributed by atoms with van der Waals surface area (Å²) in [6.07, 6.45) is 4.73. The Bertz CT molecular complexity index is 309. The fourth-order valence-electron chi connectivity index (χ4n) is 1.26. The lowest BCUT2D eigenvalue weighted by Gasteiger charge is -2.05. The first-order valence-electron chi connectivity index (χ1n) is 5.71. The van der Waals surface area contributed by atoms with E-state index >= 15 is 0 Å². The van der Waals surface area contributed by atoms with Crippen molar-refractivity contribution in [2.45, 2.75) is 26.7 Å². The molecular formula is C13H19NO2. The average molecular weight is 221 g/mol. The second-order valence-electron chi connectivity index (χ2n) is 4.21. The molecule has 0 spiro atoms. The minimum Gasteiger partial charge on any atom is -0.381 e. The molecule has 1 aromatic heterocycles. The first-order chi connectivity index (χ1) is 7.70. The van der Waals surface area contributed by atoms with E-state index < -0.39 is 0 Å². The van der Waals surface area contributed by atoms with E-state index in [1.165, 1.54) is 0 Å². The number of nitrogens with zero attached hydrogens (tertiary/aromatic N) is 1. The van der Waals surface area contributed by atoms with Gasteiger partial charge in [-0.15, -0.1) is 0 Å². The zero-order chi connectivity index (χ0) is 11.8. The van der Waals surface area contributed by atoms with Crippen LogP contribution in [0.3, 0.4) is 0 Å². The Balaban J connectivity index is 2.16. The Labute approximate surface area is 96.8 Å². The van der Waals surface area contributed by atoms with E-state index in [4.69, 9.17) is 4.74 Å². The van der Waals surface area contributed by atoms with Crippen LogP contribution < -0.4 is 0 Å². The quantitative estimate of drug-likeness (QED) is 0.525. The van der Waals surface area contributed by atoms with E-state index in [1.54, 1.807) is 24.5 Å². The van der Waals surface area contributed by atoms with Crippen molar-refractivity contribution in [3.05, 3.63) is 30.1 Å². The number of hydrogen-bond acceptors (Lipinski definition) is 3. The van der Waals surface area contributed by atoms with Crippen molar-refractivity contribution in [1.29, 1.82) is 0 Å². The molecule has 0 fully saturated rings. The highest BCUT2D eigenvalue weighted by atomic mass is 16.5. The molecule has 0 atom stereocenters. The van der Waals surface area contributed by atoms with Gasteiger partial charge in [-0.3, -0.25) is 9.78 Å². The van der Waals surface area contributed by atoms with Gasteiger partial charge in [0.15, 0.2) is 5.78 Å². The van der Waals surface area contributed by atoms with Gasteiger partial charge in [-0.1, -0.05) is 13.8 Å². The van der Waals surface area contributed by atoms with Crippen molar-refractivity contribution >= 4 is 5.78 Å². The molecule has 88 valence electrons. The minimum absolute atomic E-state index is 0.0950. The summed E-state index contributed by atoms with van der Waals surface area (Å²) in [4.78, 5) is 15.5. The summed E-state index contributed by atoms with van der Waals surface area (Å²) in [5.74, 6) is 0.742. The Hall–Kier alpha value is -1.22. The summed E-state index contributed by atoms with van der Waals surface area (Å²) in [7, 11) is 0. The SMILES string of the molecule is CC(C)CCOCCC(=O)c1cccnc1. The summed E-state index contributed by atoms with van der Waals surface area (Å²) < 4.78 is 5.40. The van der Waals surface area contributed by atoms with E-state index in [1.807, 2.05) is 0 Å². The van der Waals surface area contributed by atoms with Gasteiger partial charge in [-0.2, -0.15) is 0 Å². The number of ether oxygens (including phenoxy) is 1. The van der Waals surface area contributed by atoms with Crippen LogP contribution in [-0.2, 0) is 4.74 Å². The number of rotatable bonds is 7. The molecular weight excluding hydrogens is 202 g/mol. The second-order valence-corrected chi connectivity index (χ2v) is 4.21. The molecule has 0 radical (unpaired) electrons. The molecule has 0 unspecified atom stereocenters. The minimum atomic E-state index is 0.0950. The summed E-state index contributed by atoms with van der Waals surface area (Å²) in [5.41, 5.74) is 0.662. The highest BCUT2D eigenvalue weighted by Crippen LogP contribution is 2.03. The molecule has 0 bridgehead atoms. The van der Waals surface area contributed by atoms with E-state index in [0.29, 0.717) is 24.5 Å². The zero-order valence-corrected chi connectivity index (χ0v) is 9.98. The summed E-state index contributed by atoms with van der Waals surface area (Å²) in [6.45, 7) is 5.55. The number of aromatic nitrogens is 1. The van der Waals surface area contributed by atoms with Crippen molar-refractivity contribution in [2.75, 3.05) is 13.2 Å². The summed E-state index contributed by atoms with van der Waals surface area (Å²) in [5, 5.41) is 0. The molecule has 3 heteroatoms. The molecule has 0 aliphatic heterocycles. The molecule has 0 saturated carbocycles. The van der Waals surface area contributed by atoms with Gasteiger partial charge < -0.3 is 4.74 Å². The fraction of sp³-hybridized carbons (Fsp3) is 0.538. The fourth-order valence-corrected chi connectivity index (χ4v) is 1.26. The van der Waals surface area contributed by atoms with Gasteiger partial charge in [0.2, 0.25) is 0 Å². The maximum atomic E-state index is 11.6. The molecule has 0 amide bonds. The smallest absolute Gasteiger partial charge is 0.166 e. The Morgan fingerprint density at radius 2 is 2.25 bits per heavy atom. The predicted molar refractivity (Wildman–Crippen MR) is 63.5 cm³/mol. The molecule has 1 aromatic rings. The highest BCUT2D eigenvalue weighted by molar-refractivity contribution is 5.95. The Kier molecular flexibility index (Phi) is 5.72. The number of ketones is 1. The molecule has 0 aromatic carbocycles. The molecule has 3 nitrogen and oxygen atoms in total. The van der Waals surface area contributed by atoms with Gasteiger partial charge >= 0.3 is 0 Å². The average Bonchev–Trinajstić information content (AvgIpc) is 2.29.